The van der Waals surface area contributed by atoms with Gasteiger partial charge in [-0.1, -0.05) is 40.2 Å². The van der Waals surface area contributed by atoms with Gasteiger partial charge in [0.15, 0.2) is 0 Å². The minimum absolute atomic E-state index is 0.268. The van der Waals surface area contributed by atoms with Crippen LogP contribution in [-0.4, -0.2) is 24.4 Å². The Balaban J connectivity index is 1.80. The Labute approximate surface area is 127 Å². The van der Waals surface area contributed by atoms with Crippen molar-refractivity contribution in [3.8, 4) is 5.75 Å². The smallest absolute Gasteiger partial charge is 0.119 e. The Morgan fingerprint density at radius 1 is 1.15 bits per heavy atom. The van der Waals surface area contributed by atoms with Gasteiger partial charge in [0, 0.05) is 16.7 Å². The van der Waals surface area contributed by atoms with Gasteiger partial charge in [-0.3, -0.25) is 0 Å². The van der Waals surface area contributed by atoms with Crippen LogP contribution in [0.1, 0.15) is 5.56 Å². The summed E-state index contributed by atoms with van der Waals surface area (Å²) < 4.78 is 6.56. The van der Waals surface area contributed by atoms with Crippen molar-refractivity contribution in [1.29, 1.82) is 0 Å². The Hall–Kier alpha value is -1.52. The van der Waals surface area contributed by atoms with Gasteiger partial charge in [-0.15, -0.1) is 0 Å². The average Bonchev–Trinajstić information content (AvgIpc) is 2.48. The van der Waals surface area contributed by atoms with Crippen LogP contribution in [-0.2, 0) is 0 Å². The molecule has 0 aliphatic carbocycles. The Bertz CT molecular complexity index is 545. The van der Waals surface area contributed by atoms with Gasteiger partial charge in [0.2, 0.25) is 0 Å². The molecule has 3 nitrogen and oxygen atoms in total. The second-order valence-corrected chi connectivity index (χ2v) is 5.43. The molecule has 0 heterocycles. The second-order valence-electron chi connectivity index (χ2n) is 4.57. The van der Waals surface area contributed by atoms with E-state index in [0.29, 0.717) is 6.54 Å². The predicted octanol–water partition coefficient (Wildman–Crippen LogP) is 3.61. The molecule has 1 unspecified atom stereocenters. The van der Waals surface area contributed by atoms with Gasteiger partial charge < -0.3 is 15.2 Å². The number of rotatable bonds is 6. The highest BCUT2D eigenvalue weighted by Crippen LogP contribution is 2.23. The molecule has 0 radical (unpaired) electrons. The number of anilines is 1. The number of hydrogen-bond acceptors (Lipinski definition) is 3. The average molecular weight is 336 g/mol. The molecule has 2 N–H and O–H groups in total. The van der Waals surface area contributed by atoms with Gasteiger partial charge in [0.1, 0.15) is 18.5 Å². The molecule has 20 heavy (non-hydrogen) atoms. The molecular weight excluding hydrogens is 318 g/mol. The van der Waals surface area contributed by atoms with E-state index < -0.39 is 6.10 Å². The maximum atomic E-state index is 9.93. The normalized spacial score (nSPS) is 11.9. The molecule has 0 saturated heterocycles. The minimum Gasteiger partial charge on any atom is -0.491 e. The van der Waals surface area contributed by atoms with Crippen LogP contribution in [0.25, 0.3) is 0 Å². The lowest BCUT2D eigenvalue weighted by Crippen LogP contribution is -2.26. The molecule has 0 spiro atoms. The number of aliphatic hydroxyl groups excluding tert-OH is 1. The summed E-state index contributed by atoms with van der Waals surface area (Å²) >= 11 is 3.49. The summed E-state index contributed by atoms with van der Waals surface area (Å²) in [5.41, 5.74) is 2.14. The lowest BCUT2D eigenvalue weighted by molar-refractivity contribution is 0.117. The first-order valence-corrected chi connectivity index (χ1v) is 7.31. The van der Waals surface area contributed by atoms with E-state index in [4.69, 9.17) is 4.74 Å². The number of para-hydroxylation sites is 1. The number of nitrogens with one attached hydrogen (secondary N) is 1. The van der Waals surface area contributed by atoms with E-state index in [9.17, 15) is 5.11 Å². The maximum Gasteiger partial charge on any atom is 0.119 e. The van der Waals surface area contributed by atoms with E-state index in [-0.39, 0.29) is 6.61 Å². The summed E-state index contributed by atoms with van der Waals surface area (Å²) in [6, 6.07) is 15.4. The predicted molar refractivity (Wildman–Crippen MR) is 85.3 cm³/mol. The van der Waals surface area contributed by atoms with Crippen molar-refractivity contribution in [2.24, 2.45) is 0 Å². The van der Waals surface area contributed by atoms with E-state index in [1.165, 1.54) is 0 Å². The van der Waals surface area contributed by atoms with Gasteiger partial charge >= 0.3 is 0 Å². The van der Waals surface area contributed by atoms with Crippen LogP contribution in [0.4, 0.5) is 5.69 Å². The van der Waals surface area contributed by atoms with Gasteiger partial charge in [0.25, 0.3) is 0 Å². The number of benzene rings is 2. The molecule has 0 aromatic heterocycles. The first-order valence-electron chi connectivity index (χ1n) is 6.51. The van der Waals surface area contributed by atoms with Crippen LogP contribution in [0.15, 0.2) is 53.0 Å². The summed E-state index contributed by atoms with van der Waals surface area (Å²) in [5.74, 6) is 0.769. The third kappa shape index (κ3) is 4.25. The maximum absolute atomic E-state index is 9.93. The second kappa shape index (κ2) is 7.31. The quantitative estimate of drug-likeness (QED) is 0.847. The fourth-order valence-electron chi connectivity index (χ4n) is 1.79. The molecule has 0 aliphatic rings. The summed E-state index contributed by atoms with van der Waals surface area (Å²) in [4.78, 5) is 0. The zero-order valence-electron chi connectivity index (χ0n) is 11.3. The zero-order chi connectivity index (χ0) is 14.4. The Morgan fingerprint density at radius 3 is 2.65 bits per heavy atom. The highest BCUT2D eigenvalue weighted by atomic mass is 79.9. The minimum atomic E-state index is -0.561. The standard InChI is InChI=1S/C16H18BrNO2/c1-12-15(17)8-5-9-16(12)18-10-13(19)11-20-14-6-3-2-4-7-14/h2-9,13,18-19H,10-11H2,1H3. The van der Waals surface area contributed by atoms with Crippen LogP contribution in [0.3, 0.4) is 0 Å². The third-order valence-corrected chi connectivity index (χ3v) is 3.84. The first-order chi connectivity index (χ1) is 9.66. The van der Waals surface area contributed by atoms with E-state index in [1.54, 1.807) is 0 Å². The van der Waals surface area contributed by atoms with Crippen molar-refractivity contribution < 1.29 is 9.84 Å². The van der Waals surface area contributed by atoms with Crippen LogP contribution in [0, 0.1) is 6.92 Å². The van der Waals surface area contributed by atoms with Gasteiger partial charge in [-0.05, 0) is 36.8 Å². The Kier molecular flexibility index (Phi) is 5.44. The number of halogens is 1. The summed E-state index contributed by atoms with van der Waals surface area (Å²) in [6.45, 7) is 2.74. The van der Waals surface area contributed by atoms with Crippen molar-refractivity contribution in [3.05, 3.63) is 58.6 Å². The third-order valence-electron chi connectivity index (χ3n) is 2.98. The van der Waals surface area contributed by atoms with Gasteiger partial charge in [-0.25, -0.2) is 0 Å². The SMILES string of the molecule is Cc1c(Br)cccc1NCC(O)COc1ccccc1. The van der Waals surface area contributed by atoms with Crippen molar-refractivity contribution >= 4 is 21.6 Å². The van der Waals surface area contributed by atoms with Crippen LogP contribution >= 0.6 is 15.9 Å². The Morgan fingerprint density at radius 2 is 1.90 bits per heavy atom. The van der Waals surface area contributed by atoms with Crippen molar-refractivity contribution in [2.45, 2.75) is 13.0 Å². The van der Waals surface area contributed by atoms with Crippen molar-refractivity contribution in [1.82, 2.24) is 0 Å². The van der Waals surface area contributed by atoms with Crippen LogP contribution in [0.2, 0.25) is 0 Å². The monoisotopic (exact) mass is 335 g/mol. The number of aliphatic hydroxyl groups is 1. The van der Waals surface area contributed by atoms with E-state index in [2.05, 4.69) is 21.2 Å². The summed E-state index contributed by atoms with van der Waals surface area (Å²) in [7, 11) is 0. The van der Waals surface area contributed by atoms with E-state index in [0.717, 1.165) is 21.5 Å². The molecule has 2 rings (SSSR count). The number of hydrogen-bond donors (Lipinski definition) is 2. The molecule has 2 aromatic rings. The molecule has 2 aromatic carbocycles. The molecule has 4 heteroatoms. The molecule has 0 saturated carbocycles. The molecular formula is C16H18BrNO2. The van der Waals surface area contributed by atoms with Gasteiger partial charge in [0.05, 0.1) is 0 Å². The number of ether oxygens (including phenoxy) is 1. The van der Waals surface area contributed by atoms with E-state index in [1.807, 2.05) is 55.5 Å². The van der Waals surface area contributed by atoms with Crippen LogP contribution in [0.5, 0.6) is 5.75 Å². The van der Waals surface area contributed by atoms with E-state index >= 15 is 0 Å². The largest absolute Gasteiger partial charge is 0.491 e. The first kappa shape index (κ1) is 14.9. The highest BCUT2D eigenvalue weighted by Gasteiger charge is 2.07. The molecule has 0 amide bonds. The van der Waals surface area contributed by atoms with Crippen molar-refractivity contribution in [3.63, 3.8) is 0 Å². The van der Waals surface area contributed by atoms with Crippen molar-refractivity contribution in [2.75, 3.05) is 18.5 Å². The highest BCUT2D eigenvalue weighted by molar-refractivity contribution is 9.10. The van der Waals surface area contributed by atoms with Gasteiger partial charge in [-0.2, -0.15) is 0 Å². The summed E-state index contributed by atoms with van der Waals surface area (Å²) in [5, 5.41) is 13.2. The molecule has 0 aliphatic heterocycles. The fraction of sp³-hybridized carbons (Fsp3) is 0.250. The molecule has 0 fully saturated rings. The molecule has 1 atom stereocenters. The topological polar surface area (TPSA) is 41.5 Å². The zero-order valence-corrected chi connectivity index (χ0v) is 12.9. The molecule has 0 bridgehead atoms. The summed E-state index contributed by atoms with van der Waals surface area (Å²) in [6.07, 6.45) is -0.561. The molecule has 106 valence electrons. The lowest BCUT2D eigenvalue weighted by atomic mass is 10.2. The fourth-order valence-corrected chi connectivity index (χ4v) is 2.16. The lowest BCUT2D eigenvalue weighted by Gasteiger charge is -2.15. The van der Waals surface area contributed by atoms with Crippen LogP contribution < -0.4 is 10.1 Å².